The summed E-state index contributed by atoms with van der Waals surface area (Å²) in [6, 6.07) is 7.38. The van der Waals surface area contributed by atoms with E-state index >= 15 is 0 Å². The van der Waals surface area contributed by atoms with Crippen LogP contribution < -0.4 is 0 Å². The first-order valence-corrected chi connectivity index (χ1v) is 7.13. The fourth-order valence-electron chi connectivity index (χ4n) is 1.76. The highest BCUT2D eigenvalue weighted by Crippen LogP contribution is 2.33. The van der Waals surface area contributed by atoms with Gasteiger partial charge in [0.15, 0.2) is 4.34 Å². The van der Waals surface area contributed by atoms with E-state index in [4.69, 9.17) is 0 Å². The molecule has 0 atom stereocenters. The number of rotatable bonds is 3. The van der Waals surface area contributed by atoms with Gasteiger partial charge in [0, 0.05) is 28.5 Å². The Morgan fingerprint density at radius 1 is 1.21 bits per heavy atom. The largest absolute Gasteiger partial charge is 0.478 e. The van der Waals surface area contributed by atoms with Crippen LogP contribution in [0.4, 0.5) is 0 Å². The van der Waals surface area contributed by atoms with E-state index in [2.05, 4.69) is 9.97 Å². The van der Waals surface area contributed by atoms with Crippen LogP contribution in [-0.4, -0.2) is 21.0 Å². The molecule has 0 radical (unpaired) electrons. The molecule has 19 heavy (non-hydrogen) atoms. The molecule has 0 aliphatic carbocycles. The molecule has 0 spiro atoms. The van der Waals surface area contributed by atoms with Gasteiger partial charge in [-0.3, -0.25) is 0 Å². The van der Waals surface area contributed by atoms with Gasteiger partial charge in [-0.15, -0.1) is 11.3 Å². The molecule has 0 saturated heterocycles. The molecular formula is C13H8N2O2S2. The highest BCUT2D eigenvalue weighted by atomic mass is 32.2. The zero-order valence-electron chi connectivity index (χ0n) is 9.61. The third-order valence-corrected chi connectivity index (χ3v) is 4.48. The Kier molecular flexibility index (Phi) is 3.18. The van der Waals surface area contributed by atoms with Crippen molar-refractivity contribution in [3.63, 3.8) is 0 Å². The second kappa shape index (κ2) is 4.99. The molecule has 4 nitrogen and oxygen atoms in total. The van der Waals surface area contributed by atoms with Gasteiger partial charge < -0.3 is 5.11 Å². The van der Waals surface area contributed by atoms with Crippen molar-refractivity contribution in [1.82, 2.24) is 9.97 Å². The molecule has 0 fully saturated rings. The number of fused-ring (bicyclic) bond motifs is 1. The first kappa shape index (κ1) is 12.1. The molecule has 0 saturated carbocycles. The van der Waals surface area contributed by atoms with Gasteiger partial charge in [-0.2, -0.15) is 0 Å². The zero-order valence-corrected chi connectivity index (χ0v) is 11.2. The van der Waals surface area contributed by atoms with Crippen LogP contribution in [0.1, 0.15) is 10.4 Å². The van der Waals surface area contributed by atoms with E-state index in [1.54, 1.807) is 12.3 Å². The summed E-state index contributed by atoms with van der Waals surface area (Å²) in [6.45, 7) is 0. The average Bonchev–Trinajstić information content (AvgIpc) is 2.91. The van der Waals surface area contributed by atoms with E-state index in [0.717, 1.165) is 14.8 Å². The number of thiazole rings is 1. The lowest BCUT2D eigenvalue weighted by Crippen LogP contribution is -1.99. The number of aromatic carboxylic acids is 1. The van der Waals surface area contributed by atoms with Crippen LogP contribution in [0, 0.1) is 0 Å². The average molecular weight is 288 g/mol. The Hall–Kier alpha value is -1.92. The molecule has 0 aliphatic rings. The van der Waals surface area contributed by atoms with Crippen LogP contribution in [0.3, 0.4) is 0 Å². The quantitative estimate of drug-likeness (QED) is 0.798. The topological polar surface area (TPSA) is 63.1 Å². The Morgan fingerprint density at radius 3 is 2.68 bits per heavy atom. The number of aromatic nitrogens is 2. The third kappa shape index (κ3) is 2.32. The number of carbonyl (C=O) groups is 1. The predicted molar refractivity (Wildman–Crippen MR) is 74.9 cm³/mol. The number of hydrogen-bond donors (Lipinski definition) is 1. The van der Waals surface area contributed by atoms with E-state index in [-0.39, 0.29) is 5.56 Å². The number of carboxylic acid groups (broad SMARTS) is 1. The van der Waals surface area contributed by atoms with Gasteiger partial charge >= 0.3 is 5.97 Å². The molecular weight excluding hydrogens is 280 g/mol. The molecule has 3 aromatic rings. The monoisotopic (exact) mass is 288 g/mol. The summed E-state index contributed by atoms with van der Waals surface area (Å²) >= 11 is 2.98. The molecule has 3 rings (SSSR count). The third-order valence-electron chi connectivity index (χ3n) is 2.58. The van der Waals surface area contributed by atoms with Crippen molar-refractivity contribution in [3.05, 3.63) is 47.6 Å². The van der Waals surface area contributed by atoms with Crippen LogP contribution in [0.5, 0.6) is 0 Å². The van der Waals surface area contributed by atoms with Crippen molar-refractivity contribution < 1.29 is 9.90 Å². The number of hydrogen-bond acceptors (Lipinski definition) is 5. The highest BCUT2D eigenvalue weighted by molar-refractivity contribution is 8.01. The number of nitrogens with zero attached hydrogens (tertiary/aromatic N) is 2. The van der Waals surface area contributed by atoms with Crippen LogP contribution in [0.25, 0.3) is 10.8 Å². The molecule has 6 heteroatoms. The molecule has 0 unspecified atom stereocenters. The summed E-state index contributed by atoms with van der Waals surface area (Å²) < 4.78 is 0.890. The van der Waals surface area contributed by atoms with Gasteiger partial charge in [-0.05, 0) is 11.8 Å². The molecule has 1 aromatic carbocycles. The fourth-order valence-corrected chi connectivity index (χ4v) is 3.39. The minimum absolute atomic E-state index is 0.221. The van der Waals surface area contributed by atoms with E-state index in [0.29, 0.717) is 5.39 Å². The van der Waals surface area contributed by atoms with Crippen LogP contribution in [-0.2, 0) is 0 Å². The molecule has 2 aromatic heterocycles. The Balaban J connectivity index is 2.16. The SMILES string of the molecule is O=C(O)c1cnc(Sc2nccs2)c2ccccc12. The second-order valence-corrected chi connectivity index (χ2v) is 5.86. The molecule has 0 aliphatic heterocycles. The van der Waals surface area contributed by atoms with Crippen molar-refractivity contribution >= 4 is 39.8 Å². The summed E-state index contributed by atoms with van der Waals surface area (Å²) in [5, 5.41) is 13.4. The number of carboxylic acids is 1. The van der Waals surface area contributed by atoms with Crippen LogP contribution in [0.2, 0.25) is 0 Å². The first-order valence-electron chi connectivity index (χ1n) is 5.44. The van der Waals surface area contributed by atoms with Gasteiger partial charge in [0.05, 0.1) is 5.56 Å². The minimum atomic E-state index is -0.963. The fraction of sp³-hybridized carbons (Fsp3) is 0. The summed E-state index contributed by atoms with van der Waals surface area (Å²) in [5.41, 5.74) is 0.221. The van der Waals surface area contributed by atoms with Crippen LogP contribution >= 0.6 is 23.1 Å². The van der Waals surface area contributed by atoms with E-state index in [9.17, 15) is 9.90 Å². The van der Waals surface area contributed by atoms with Crippen molar-refractivity contribution in [3.8, 4) is 0 Å². The first-order chi connectivity index (χ1) is 9.25. The Labute approximate surface area is 117 Å². The maximum absolute atomic E-state index is 11.2. The predicted octanol–water partition coefficient (Wildman–Crippen LogP) is 3.54. The Bertz CT molecular complexity index is 741. The Morgan fingerprint density at radius 2 is 2.00 bits per heavy atom. The van der Waals surface area contributed by atoms with E-state index in [1.165, 1.54) is 29.3 Å². The molecule has 0 bridgehead atoms. The molecule has 94 valence electrons. The van der Waals surface area contributed by atoms with Crippen LogP contribution in [0.15, 0.2) is 51.4 Å². The number of benzene rings is 1. The van der Waals surface area contributed by atoms with Gasteiger partial charge in [0.1, 0.15) is 5.03 Å². The summed E-state index contributed by atoms with van der Waals surface area (Å²) in [7, 11) is 0. The maximum atomic E-state index is 11.2. The normalized spacial score (nSPS) is 10.7. The summed E-state index contributed by atoms with van der Waals surface area (Å²) in [6.07, 6.45) is 3.14. The summed E-state index contributed by atoms with van der Waals surface area (Å²) in [4.78, 5) is 19.6. The lowest BCUT2D eigenvalue weighted by atomic mass is 10.1. The van der Waals surface area contributed by atoms with E-state index < -0.39 is 5.97 Å². The van der Waals surface area contributed by atoms with Crippen molar-refractivity contribution in [2.24, 2.45) is 0 Å². The number of pyridine rings is 1. The second-order valence-electron chi connectivity index (χ2n) is 3.73. The van der Waals surface area contributed by atoms with E-state index in [1.807, 2.05) is 23.6 Å². The zero-order chi connectivity index (χ0) is 13.2. The lowest BCUT2D eigenvalue weighted by Gasteiger charge is -2.06. The minimum Gasteiger partial charge on any atom is -0.478 e. The molecule has 0 amide bonds. The van der Waals surface area contributed by atoms with Gasteiger partial charge in [-0.1, -0.05) is 24.3 Å². The van der Waals surface area contributed by atoms with Gasteiger partial charge in [0.25, 0.3) is 0 Å². The maximum Gasteiger partial charge on any atom is 0.337 e. The van der Waals surface area contributed by atoms with Crippen molar-refractivity contribution in [2.45, 2.75) is 9.37 Å². The smallest absolute Gasteiger partial charge is 0.337 e. The summed E-state index contributed by atoms with van der Waals surface area (Å²) in [5.74, 6) is -0.963. The standard InChI is InChI=1S/C13H8N2O2S2/c16-12(17)10-7-15-11(19-13-14-5-6-18-13)9-4-2-1-3-8(9)10/h1-7H,(H,16,17). The van der Waals surface area contributed by atoms with Gasteiger partial charge in [0.2, 0.25) is 0 Å². The lowest BCUT2D eigenvalue weighted by molar-refractivity contribution is 0.0698. The van der Waals surface area contributed by atoms with Crippen molar-refractivity contribution in [2.75, 3.05) is 0 Å². The highest BCUT2D eigenvalue weighted by Gasteiger charge is 2.13. The van der Waals surface area contributed by atoms with Gasteiger partial charge in [-0.25, -0.2) is 14.8 Å². The van der Waals surface area contributed by atoms with Crippen molar-refractivity contribution in [1.29, 1.82) is 0 Å². The molecule has 2 heterocycles. The molecule has 1 N–H and O–H groups in total.